The highest BCUT2D eigenvalue weighted by molar-refractivity contribution is 6.67. The van der Waals surface area contributed by atoms with Crippen molar-refractivity contribution in [1.82, 2.24) is 0 Å². The third kappa shape index (κ3) is 5.23. The molecule has 0 amide bonds. The molecule has 0 N–H and O–H groups in total. The van der Waals surface area contributed by atoms with Crippen LogP contribution in [0.2, 0.25) is 12.1 Å². The number of hydrogen-bond donors (Lipinski definition) is 0. The highest BCUT2D eigenvalue weighted by Crippen LogP contribution is 2.21. The second kappa shape index (κ2) is 8.06. The fourth-order valence-corrected chi connectivity index (χ4v) is 4.67. The van der Waals surface area contributed by atoms with Crippen LogP contribution in [0.25, 0.3) is 0 Å². The SMILES string of the molecule is CO[Si](CCCCl)(CCCCl)OC. The van der Waals surface area contributed by atoms with Crippen LogP contribution in [0.1, 0.15) is 12.8 Å². The van der Waals surface area contributed by atoms with Gasteiger partial charge in [-0.1, -0.05) is 0 Å². The molecule has 0 saturated heterocycles. The fourth-order valence-electron chi connectivity index (χ4n) is 1.29. The Balaban J connectivity index is 3.97. The van der Waals surface area contributed by atoms with Crippen molar-refractivity contribution in [3.05, 3.63) is 0 Å². The lowest BCUT2D eigenvalue weighted by Crippen LogP contribution is -2.39. The van der Waals surface area contributed by atoms with Gasteiger partial charge in [0, 0.05) is 26.0 Å². The van der Waals surface area contributed by atoms with E-state index in [1.165, 1.54) is 0 Å². The lowest BCUT2D eigenvalue weighted by atomic mass is 10.6. The highest BCUT2D eigenvalue weighted by atomic mass is 35.5. The summed E-state index contributed by atoms with van der Waals surface area (Å²) in [6.45, 7) is 0. The Morgan fingerprint density at radius 3 is 1.54 bits per heavy atom. The Hall–Kier alpha value is 0.717. The smallest absolute Gasteiger partial charge is 0.337 e. The summed E-state index contributed by atoms with van der Waals surface area (Å²) in [7, 11) is 1.49. The molecule has 80 valence electrons. The average molecular weight is 245 g/mol. The monoisotopic (exact) mass is 244 g/mol. The van der Waals surface area contributed by atoms with Gasteiger partial charge in [0.2, 0.25) is 0 Å². The summed E-state index contributed by atoms with van der Waals surface area (Å²) in [6, 6.07) is 1.92. The molecule has 0 unspecified atom stereocenters. The number of rotatable bonds is 8. The van der Waals surface area contributed by atoms with Gasteiger partial charge < -0.3 is 8.85 Å². The summed E-state index contributed by atoms with van der Waals surface area (Å²) < 4.78 is 11.0. The van der Waals surface area contributed by atoms with Crippen LogP contribution in [0.5, 0.6) is 0 Å². The van der Waals surface area contributed by atoms with E-state index < -0.39 is 8.56 Å². The zero-order valence-corrected chi connectivity index (χ0v) is 10.8. The van der Waals surface area contributed by atoms with Gasteiger partial charge in [-0.05, 0) is 24.9 Å². The molecule has 0 rings (SSSR count). The van der Waals surface area contributed by atoms with Crippen molar-refractivity contribution < 1.29 is 8.85 Å². The molecule has 0 fully saturated rings. The lowest BCUT2D eigenvalue weighted by molar-refractivity contribution is 0.240. The molecule has 0 atom stereocenters. The van der Waals surface area contributed by atoms with Gasteiger partial charge in [-0.3, -0.25) is 0 Å². The third-order valence-corrected chi connectivity index (χ3v) is 6.38. The summed E-state index contributed by atoms with van der Waals surface area (Å²) in [5, 5.41) is 0. The summed E-state index contributed by atoms with van der Waals surface area (Å²) in [5.74, 6) is 1.34. The summed E-state index contributed by atoms with van der Waals surface area (Å²) in [5.41, 5.74) is 0. The van der Waals surface area contributed by atoms with Crippen molar-refractivity contribution in [1.29, 1.82) is 0 Å². The maximum Gasteiger partial charge on any atom is 0.337 e. The first-order valence-corrected chi connectivity index (χ1v) is 7.77. The molecule has 0 spiro atoms. The van der Waals surface area contributed by atoms with Crippen LogP contribution in [0.3, 0.4) is 0 Å². The molecule has 13 heavy (non-hydrogen) atoms. The number of halogens is 2. The summed E-state index contributed by atoms with van der Waals surface area (Å²) in [6.07, 6.45) is 1.91. The van der Waals surface area contributed by atoms with E-state index in [0.29, 0.717) is 11.8 Å². The molecule has 0 bridgehead atoms. The molecular weight excluding hydrogens is 227 g/mol. The molecule has 2 nitrogen and oxygen atoms in total. The Labute approximate surface area is 91.8 Å². The van der Waals surface area contributed by atoms with Crippen molar-refractivity contribution in [3.8, 4) is 0 Å². The summed E-state index contributed by atoms with van der Waals surface area (Å²) in [4.78, 5) is 0. The predicted molar refractivity (Wildman–Crippen MR) is 60.1 cm³/mol. The Morgan fingerprint density at radius 1 is 0.923 bits per heavy atom. The van der Waals surface area contributed by atoms with Crippen LogP contribution in [0.15, 0.2) is 0 Å². The molecule has 0 aromatic heterocycles. The largest absolute Gasteiger partial charge is 0.398 e. The normalized spacial score (nSPS) is 12.0. The van der Waals surface area contributed by atoms with Crippen LogP contribution < -0.4 is 0 Å². The second-order valence-electron chi connectivity index (χ2n) is 2.90. The van der Waals surface area contributed by atoms with Gasteiger partial charge in [0.25, 0.3) is 0 Å². The first-order chi connectivity index (χ1) is 6.24. The van der Waals surface area contributed by atoms with Gasteiger partial charge >= 0.3 is 8.56 Å². The molecule has 0 radical (unpaired) electrons. The Bertz CT molecular complexity index is 111. The van der Waals surface area contributed by atoms with E-state index in [1.54, 1.807) is 14.2 Å². The lowest BCUT2D eigenvalue weighted by Gasteiger charge is -2.26. The quantitative estimate of drug-likeness (QED) is 0.483. The fraction of sp³-hybridized carbons (Fsp3) is 1.00. The molecule has 0 aliphatic heterocycles. The maximum absolute atomic E-state index is 5.64. The van der Waals surface area contributed by atoms with Crippen LogP contribution in [-0.2, 0) is 8.85 Å². The van der Waals surface area contributed by atoms with Gasteiger partial charge in [-0.25, -0.2) is 0 Å². The van der Waals surface area contributed by atoms with E-state index in [9.17, 15) is 0 Å². The topological polar surface area (TPSA) is 18.5 Å². The van der Waals surface area contributed by atoms with Crippen molar-refractivity contribution in [2.24, 2.45) is 0 Å². The van der Waals surface area contributed by atoms with Gasteiger partial charge in [0.05, 0.1) is 0 Å². The minimum absolute atomic E-state index is 0.669. The highest BCUT2D eigenvalue weighted by Gasteiger charge is 2.33. The Kier molecular flexibility index (Phi) is 8.51. The van der Waals surface area contributed by atoms with Gasteiger partial charge in [-0.15, -0.1) is 23.2 Å². The third-order valence-electron chi connectivity index (χ3n) is 2.13. The van der Waals surface area contributed by atoms with Crippen LogP contribution >= 0.6 is 23.2 Å². The van der Waals surface area contributed by atoms with Crippen LogP contribution in [0, 0.1) is 0 Å². The molecule has 0 aromatic rings. The minimum Gasteiger partial charge on any atom is -0.398 e. The zero-order chi connectivity index (χ0) is 10.2. The maximum atomic E-state index is 5.64. The van der Waals surface area contributed by atoms with Crippen molar-refractivity contribution in [3.63, 3.8) is 0 Å². The molecular formula is C8H18Cl2O2Si. The van der Waals surface area contributed by atoms with Gasteiger partial charge in [0.15, 0.2) is 0 Å². The Morgan fingerprint density at radius 2 is 1.31 bits per heavy atom. The van der Waals surface area contributed by atoms with E-state index in [-0.39, 0.29) is 0 Å². The number of alkyl halides is 2. The van der Waals surface area contributed by atoms with E-state index >= 15 is 0 Å². The first-order valence-electron chi connectivity index (χ1n) is 4.47. The average Bonchev–Trinajstić information content (AvgIpc) is 2.20. The molecule has 0 aliphatic rings. The molecule has 0 saturated carbocycles. The zero-order valence-electron chi connectivity index (χ0n) is 8.32. The van der Waals surface area contributed by atoms with Gasteiger partial charge in [-0.2, -0.15) is 0 Å². The van der Waals surface area contributed by atoms with Crippen molar-refractivity contribution >= 4 is 31.8 Å². The molecule has 0 aromatic carbocycles. The minimum atomic E-state index is -1.95. The van der Waals surface area contributed by atoms with E-state index in [4.69, 9.17) is 32.1 Å². The van der Waals surface area contributed by atoms with Crippen molar-refractivity contribution in [2.75, 3.05) is 26.0 Å². The van der Waals surface area contributed by atoms with E-state index in [2.05, 4.69) is 0 Å². The van der Waals surface area contributed by atoms with Gasteiger partial charge in [0.1, 0.15) is 0 Å². The van der Waals surface area contributed by atoms with Crippen molar-refractivity contribution in [2.45, 2.75) is 24.9 Å². The van der Waals surface area contributed by atoms with E-state index in [0.717, 1.165) is 24.9 Å². The molecule has 5 heteroatoms. The predicted octanol–water partition coefficient (Wildman–Crippen LogP) is 2.98. The van der Waals surface area contributed by atoms with E-state index in [1.807, 2.05) is 0 Å². The second-order valence-corrected chi connectivity index (χ2v) is 7.30. The summed E-state index contributed by atoms with van der Waals surface area (Å²) >= 11 is 11.3. The number of hydrogen-bond acceptors (Lipinski definition) is 2. The standard InChI is InChI=1S/C8H18Cl2O2Si/c1-11-13(12-2,7-3-5-9)8-4-6-10/h3-8H2,1-2H3. The first kappa shape index (κ1) is 13.7. The molecule has 0 heterocycles. The van der Waals surface area contributed by atoms with Crippen LogP contribution in [0.4, 0.5) is 0 Å². The van der Waals surface area contributed by atoms with Crippen LogP contribution in [-0.4, -0.2) is 34.5 Å². The molecule has 0 aliphatic carbocycles.